The number of nitriles is 1. The van der Waals surface area contributed by atoms with Crippen LogP contribution in [0.3, 0.4) is 0 Å². The molecule has 1 aliphatic rings. The first-order valence-electron chi connectivity index (χ1n) is 8.10. The lowest BCUT2D eigenvalue weighted by Gasteiger charge is -2.42. The van der Waals surface area contributed by atoms with Crippen LogP contribution in [0.25, 0.3) is 0 Å². The smallest absolute Gasteiger partial charge is 0.103 e. The van der Waals surface area contributed by atoms with Crippen molar-refractivity contribution in [1.29, 1.82) is 5.26 Å². The summed E-state index contributed by atoms with van der Waals surface area (Å²) in [6, 6.07) is 8.71. The molecule has 114 valence electrons. The summed E-state index contributed by atoms with van der Waals surface area (Å²) in [4.78, 5) is 3.54. The van der Waals surface area contributed by atoms with E-state index in [0.717, 1.165) is 35.0 Å². The summed E-state index contributed by atoms with van der Waals surface area (Å²) in [5.74, 6) is 1.01. The van der Waals surface area contributed by atoms with Crippen molar-refractivity contribution in [3.63, 3.8) is 0 Å². The first-order valence-corrected chi connectivity index (χ1v) is 9.09. The molecule has 0 bridgehead atoms. The Hall–Kier alpha value is -1.14. The summed E-state index contributed by atoms with van der Waals surface area (Å²) >= 11 is 1.76. The van der Waals surface area contributed by atoms with Crippen LogP contribution in [0.2, 0.25) is 0 Å². The van der Waals surface area contributed by atoms with Gasteiger partial charge in [0.15, 0.2) is 0 Å². The topological polar surface area (TPSA) is 27.0 Å². The summed E-state index contributed by atoms with van der Waals surface area (Å²) in [6.07, 6.45) is 5.04. The predicted octanol–water partition coefficient (Wildman–Crippen LogP) is 5.08. The Kier molecular flexibility index (Phi) is 5.58. The summed E-state index contributed by atoms with van der Waals surface area (Å²) in [7, 11) is 0. The number of nitrogens with zero attached hydrogens (tertiary/aromatic N) is 2. The van der Waals surface area contributed by atoms with E-state index in [1.165, 1.54) is 25.7 Å². The first-order chi connectivity index (χ1) is 10.2. The molecule has 0 amide bonds. The molecule has 1 saturated heterocycles. The number of anilines is 1. The van der Waals surface area contributed by atoms with Crippen molar-refractivity contribution >= 4 is 17.4 Å². The lowest BCUT2D eigenvalue weighted by molar-refractivity contribution is 0.199. The molecule has 0 aromatic heterocycles. The first kappa shape index (κ1) is 16.2. The molecule has 0 spiro atoms. The Morgan fingerprint density at radius 3 is 2.38 bits per heavy atom. The molecule has 1 aromatic rings. The number of rotatable bonds is 5. The minimum atomic E-state index is 0.527. The third kappa shape index (κ3) is 3.37. The highest BCUT2D eigenvalue weighted by atomic mass is 32.2. The van der Waals surface area contributed by atoms with Gasteiger partial charge in [0.25, 0.3) is 0 Å². The van der Waals surface area contributed by atoms with Crippen molar-refractivity contribution in [2.75, 3.05) is 23.7 Å². The van der Waals surface area contributed by atoms with Crippen LogP contribution in [-0.4, -0.2) is 18.8 Å². The number of hydrogen-bond acceptors (Lipinski definition) is 3. The van der Waals surface area contributed by atoms with Gasteiger partial charge in [0.1, 0.15) is 6.07 Å². The molecule has 0 unspecified atom stereocenters. The number of thioether (sulfide) groups is 1. The Balaban J connectivity index is 2.21. The van der Waals surface area contributed by atoms with Crippen molar-refractivity contribution in [2.45, 2.75) is 51.3 Å². The van der Waals surface area contributed by atoms with E-state index in [4.69, 9.17) is 0 Å². The second-order valence-electron chi connectivity index (χ2n) is 5.89. The molecule has 0 N–H and O–H groups in total. The molecule has 1 heterocycles. The SMILES string of the molecule is CCSc1cccc(N2CCC(CC)(CC)CC2)c1C#N. The van der Waals surface area contributed by atoms with E-state index in [-0.39, 0.29) is 0 Å². The molecule has 0 radical (unpaired) electrons. The highest BCUT2D eigenvalue weighted by Gasteiger charge is 2.32. The normalized spacial score (nSPS) is 17.5. The fourth-order valence-corrected chi connectivity index (χ4v) is 4.13. The molecule has 2 rings (SSSR count). The number of benzene rings is 1. The van der Waals surface area contributed by atoms with E-state index >= 15 is 0 Å². The standard InChI is InChI=1S/C18H26N2S/c1-4-18(5-2)10-12-20(13-11-18)16-8-7-9-17(21-6-3)15(16)14-19/h7-9H,4-6,10-13H2,1-3H3. The Labute approximate surface area is 133 Å². The van der Waals surface area contributed by atoms with Crippen molar-refractivity contribution in [1.82, 2.24) is 0 Å². The molecule has 1 aliphatic heterocycles. The highest BCUT2D eigenvalue weighted by Crippen LogP contribution is 2.40. The maximum absolute atomic E-state index is 9.56. The van der Waals surface area contributed by atoms with Crippen LogP contribution in [0, 0.1) is 16.7 Å². The molecule has 2 nitrogen and oxygen atoms in total. The van der Waals surface area contributed by atoms with Gasteiger partial charge < -0.3 is 4.90 Å². The monoisotopic (exact) mass is 302 g/mol. The largest absolute Gasteiger partial charge is 0.370 e. The quantitative estimate of drug-likeness (QED) is 0.710. The number of piperidine rings is 1. The van der Waals surface area contributed by atoms with E-state index in [1.54, 1.807) is 11.8 Å². The van der Waals surface area contributed by atoms with Crippen LogP contribution in [0.1, 0.15) is 52.0 Å². The molecule has 1 aromatic carbocycles. The molecule has 3 heteroatoms. The molecule has 0 aliphatic carbocycles. The van der Waals surface area contributed by atoms with Gasteiger partial charge in [-0.25, -0.2) is 0 Å². The van der Waals surface area contributed by atoms with Crippen LogP contribution in [0.15, 0.2) is 23.1 Å². The average molecular weight is 302 g/mol. The van der Waals surface area contributed by atoms with Crippen molar-refractivity contribution in [3.8, 4) is 6.07 Å². The van der Waals surface area contributed by atoms with Crippen molar-refractivity contribution < 1.29 is 0 Å². The minimum Gasteiger partial charge on any atom is -0.370 e. The van der Waals surface area contributed by atoms with E-state index in [1.807, 2.05) is 0 Å². The predicted molar refractivity (Wildman–Crippen MR) is 92.0 cm³/mol. The second kappa shape index (κ2) is 7.22. The number of hydrogen-bond donors (Lipinski definition) is 0. The van der Waals surface area contributed by atoms with Crippen molar-refractivity contribution in [3.05, 3.63) is 23.8 Å². The van der Waals surface area contributed by atoms with Gasteiger partial charge in [0.2, 0.25) is 0 Å². The Bertz CT molecular complexity index is 504. The van der Waals surface area contributed by atoms with E-state index in [9.17, 15) is 5.26 Å². The fourth-order valence-electron chi connectivity index (χ4n) is 3.35. The zero-order chi connectivity index (χ0) is 15.3. The van der Waals surface area contributed by atoms with Crippen LogP contribution in [0.5, 0.6) is 0 Å². The summed E-state index contributed by atoms with van der Waals surface area (Å²) < 4.78 is 0. The summed E-state index contributed by atoms with van der Waals surface area (Å²) in [5.41, 5.74) is 2.53. The summed E-state index contributed by atoms with van der Waals surface area (Å²) in [5, 5.41) is 9.56. The summed E-state index contributed by atoms with van der Waals surface area (Å²) in [6.45, 7) is 8.93. The van der Waals surface area contributed by atoms with Gasteiger partial charge in [-0.15, -0.1) is 11.8 Å². The third-order valence-electron chi connectivity index (χ3n) is 5.08. The zero-order valence-electron chi connectivity index (χ0n) is 13.5. The van der Waals surface area contributed by atoms with Crippen LogP contribution >= 0.6 is 11.8 Å². The van der Waals surface area contributed by atoms with Gasteiger partial charge in [-0.2, -0.15) is 5.26 Å². The van der Waals surface area contributed by atoms with Gasteiger partial charge in [-0.05, 0) is 36.1 Å². The van der Waals surface area contributed by atoms with Gasteiger partial charge in [0, 0.05) is 18.0 Å². The highest BCUT2D eigenvalue weighted by molar-refractivity contribution is 7.99. The second-order valence-corrected chi connectivity index (χ2v) is 7.20. The molecule has 21 heavy (non-hydrogen) atoms. The van der Waals surface area contributed by atoms with Gasteiger partial charge in [-0.3, -0.25) is 0 Å². The maximum Gasteiger partial charge on any atom is 0.103 e. The van der Waals surface area contributed by atoms with Crippen LogP contribution in [0.4, 0.5) is 5.69 Å². The molecule has 0 atom stereocenters. The van der Waals surface area contributed by atoms with Gasteiger partial charge in [0.05, 0.1) is 11.3 Å². The fraction of sp³-hybridized carbons (Fsp3) is 0.611. The van der Waals surface area contributed by atoms with Gasteiger partial charge in [-0.1, -0.05) is 39.7 Å². The third-order valence-corrected chi connectivity index (χ3v) is 6.02. The van der Waals surface area contributed by atoms with Crippen LogP contribution < -0.4 is 4.90 Å². The van der Waals surface area contributed by atoms with E-state index in [2.05, 4.69) is 49.9 Å². The lowest BCUT2D eigenvalue weighted by Crippen LogP contribution is -2.40. The van der Waals surface area contributed by atoms with Crippen LogP contribution in [-0.2, 0) is 0 Å². The zero-order valence-corrected chi connectivity index (χ0v) is 14.3. The van der Waals surface area contributed by atoms with Crippen molar-refractivity contribution in [2.24, 2.45) is 5.41 Å². The minimum absolute atomic E-state index is 0.527. The molecular weight excluding hydrogens is 276 g/mol. The molecule has 1 fully saturated rings. The average Bonchev–Trinajstić information content (AvgIpc) is 2.55. The van der Waals surface area contributed by atoms with E-state index in [0.29, 0.717) is 5.41 Å². The molecule has 0 saturated carbocycles. The molecular formula is C18H26N2S. The Morgan fingerprint density at radius 2 is 1.86 bits per heavy atom. The lowest BCUT2D eigenvalue weighted by atomic mass is 9.74. The van der Waals surface area contributed by atoms with Gasteiger partial charge >= 0.3 is 0 Å². The Morgan fingerprint density at radius 1 is 1.19 bits per heavy atom. The van der Waals surface area contributed by atoms with E-state index < -0.39 is 0 Å². The maximum atomic E-state index is 9.56.